The summed E-state index contributed by atoms with van der Waals surface area (Å²) in [6.45, 7) is 1.31. The van der Waals surface area contributed by atoms with E-state index < -0.39 is 28.5 Å². The van der Waals surface area contributed by atoms with Crippen molar-refractivity contribution in [3.8, 4) is 11.5 Å². The summed E-state index contributed by atoms with van der Waals surface area (Å²) >= 11 is 3.49. The first-order chi connectivity index (χ1) is 22.2. The van der Waals surface area contributed by atoms with Gasteiger partial charge in [-0.2, -0.15) is 0 Å². The Morgan fingerprint density at radius 2 is 1.48 bits per heavy atom. The first-order valence-electron chi connectivity index (χ1n) is 15.5. The van der Waals surface area contributed by atoms with Gasteiger partial charge in [-0.3, -0.25) is 13.9 Å². The molecule has 1 fully saturated rings. The van der Waals surface area contributed by atoms with Crippen LogP contribution in [-0.2, 0) is 26.2 Å². The molecule has 1 atom stereocenters. The second-order valence-corrected chi connectivity index (χ2v) is 14.2. The van der Waals surface area contributed by atoms with Crippen molar-refractivity contribution in [1.29, 1.82) is 0 Å². The molecule has 1 saturated carbocycles. The molecule has 0 bridgehead atoms. The highest BCUT2D eigenvalue weighted by atomic mass is 79.9. The molecule has 5 rings (SSSR count). The highest BCUT2D eigenvalue weighted by Crippen LogP contribution is 2.29. The molecule has 0 saturated heterocycles. The summed E-state index contributed by atoms with van der Waals surface area (Å²) in [6.07, 6.45) is 5.08. The van der Waals surface area contributed by atoms with Crippen LogP contribution in [0.15, 0.2) is 119 Å². The molecule has 0 aromatic heterocycles. The molecule has 240 valence electrons. The Balaban J connectivity index is 1.45. The summed E-state index contributed by atoms with van der Waals surface area (Å²) in [5, 5.41) is 3.13. The lowest BCUT2D eigenvalue weighted by atomic mass is 9.95. The van der Waals surface area contributed by atoms with E-state index in [0.717, 1.165) is 46.4 Å². The number of hydrogen-bond acceptors (Lipinski definition) is 5. The number of anilines is 1. The van der Waals surface area contributed by atoms with Crippen molar-refractivity contribution >= 4 is 43.5 Å². The van der Waals surface area contributed by atoms with Gasteiger partial charge in [0.25, 0.3) is 10.0 Å². The molecule has 0 radical (unpaired) electrons. The first kappa shape index (κ1) is 33.2. The lowest BCUT2D eigenvalue weighted by Crippen LogP contribution is -2.53. The average molecular weight is 705 g/mol. The number of benzene rings is 4. The fraction of sp³-hybridized carbons (Fsp3) is 0.278. The third-order valence-corrected chi connectivity index (χ3v) is 10.4. The van der Waals surface area contributed by atoms with Gasteiger partial charge >= 0.3 is 0 Å². The standard InChI is InChI=1S/C36H38BrN3O5S/c1-27(36(42)38-30-14-5-2-6-15-30)39(25-28-12-11-13-29(37)24-28)35(41)26-40(46(43,44)34-18-9-4-10-19-34)31-20-22-33(23-21-31)45-32-16-7-3-8-17-32/h3-4,7-13,16-24,27,30H,2,5-6,14-15,25-26H2,1H3,(H,38,42)/t27-/m0/s1. The molecule has 0 aliphatic heterocycles. The van der Waals surface area contributed by atoms with E-state index in [0.29, 0.717) is 17.2 Å². The number of halogens is 1. The van der Waals surface area contributed by atoms with Crippen LogP contribution in [0.2, 0.25) is 0 Å². The third kappa shape index (κ3) is 8.55. The number of nitrogens with one attached hydrogen (secondary N) is 1. The highest BCUT2D eigenvalue weighted by molar-refractivity contribution is 9.10. The van der Waals surface area contributed by atoms with Crippen molar-refractivity contribution in [2.75, 3.05) is 10.8 Å². The van der Waals surface area contributed by atoms with Gasteiger partial charge in [0.1, 0.15) is 24.1 Å². The summed E-state index contributed by atoms with van der Waals surface area (Å²) in [7, 11) is -4.17. The Labute approximate surface area is 279 Å². The molecular formula is C36H38BrN3O5S. The van der Waals surface area contributed by atoms with Crippen LogP contribution in [0.4, 0.5) is 5.69 Å². The zero-order valence-corrected chi connectivity index (χ0v) is 28.1. The fourth-order valence-electron chi connectivity index (χ4n) is 5.54. The summed E-state index contributed by atoms with van der Waals surface area (Å²) in [5.74, 6) is 0.399. The Kier molecular flexibility index (Phi) is 11.1. The maximum atomic E-state index is 14.2. The molecule has 0 heterocycles. The zero-order chi connectivity index (χ0) is 32.5. The van der Waals surface area contributed by atoms with Gasteiger partial charge in [-0.15, -0.1) is 0 Å². The number of para-hydroxylation sites is 1. The largest absolute Gasteiger partial charge is 0.457 e. The topological polar surface area (TPSA) is 96.0 Å². The van der Waals surface area contributed by atoms with Crippen LogP contribution >= 0.6 is 15.9 Å². The molecule has 46 heavy (non-hydrogen) atoms. The van der Waals surface area contributed by atoms with Crippen molar-refractivity contribution in [3.63, 3.8) is 0 Å². The van der Waals surface area contributed by atoms with Crippen molar-refractivity contribution in [2.24, 2.45) is 0 Å². The monoisotopic (exact) mass is 703 g/mol. The summed E-state index contributed by atoms with van der Waals surface area (Å²) in [5.41, 5.74) is 1.10. The van der Waals surface area contributed by atoms with Crippen molar-refractivity contribution in [1.82, 2.24) is 10.2 Å². The SMILES string of the molecule is C[C@@H](C(=O)NC1CCCCC1)N(Cc1cccc(Br)c1)C(=O)CN(c1ccc(Oc2ccccc2)cc1)S(=O)(=O)c1ccccc1. The Bertz CT molecular complexity index is 1710. The highest BCUT2D eigenvalue weighted by Gasteiger charge is 2.33. The Morgan fingerprint density at radius 3 is 2.13 bits per heavy atom. The lowest BCUT2D eigenvalue weighted by molar-refractivity contribution is -0.139. The van der Waals surface area contributed by atoms with Crippen molar-refractivity contribution < 1.29 is 22.7 Å². The van der Waals surface area contributed by atoms with E-state index in [1.165, 1.54) is 17.0 Å². The van der Waals surface area contributed by atoms with E-state index in [2.05, 4.69) is 21.2 Å². The summed E-state index contributed by atoms with van der Waals surface area (Å²) in [6, 6.07) is 30.6. The number of sulfonamides is 1. The van der Waals surface area contributed by atoms with Gasteiger partial charge in [0, 0.05) is 17.1 Å². The Morgan fingerprint density at radius 1 is 0.848 bits per heavy atom. The van der Waals surface area contributed by atoms with Crippen LogP contribution in [0.3, 0.4) is 0 Å². The molecule has 4 aromatic carbocycles. The van der Waals surface area contributed by atoms with Gasteiger partial charge in [-0.25, -0.2) is 8.42 Å². The maximum Gasteiger partial charge on any atom is 0.264 e. The first-order valence-corrected chi connectivity index (χ1v) is 17.7. The zero-order valence-electron chi connectivity index (χ0n) is 25.7. The molecule has 2 amide bonds. The van der Waals surface area contributed by atoms with Crippen LogP contribution < -0.4 is 14.4 Å². The van der Waals surface area contributed by atoms with E-state index in [-0.39, 0.29) is 23.4 Å². The smallest absolute Gasteiger partial charge is 0.264 e. The fourth-order valence-corrected chi connectivity index (χ4v) is 7.42. The number of rotatable bonds is 12. The van der Waals surface area contributed by atoms with Crippen LogP contribution in [0.5, 0.6) is 11.5 Å². The number of ether oxygens (including phenoxy) is 1. The van der Waals surface area contributed by atoms with E-state index >= 15 is 0 Å². The van der Waals surface area contributed by atoms with Gasteiger partial charge in [-0.1, -0.05) is 83.7 Å². The second kappa shape index (κ2) is 15.4. The maximum absolute atomic E-state index is 14.2. The molecule has 4 aromatic rings. The number of carbonyl (C=O) groups excluding carboxylic acids is 2. The number of carbonyl (C=O) groups is 2. The van der Waals surface area contributed by atoms with Crippen LogP contribution in [0.25, 0.3) is 0 Å². The van der Waals surface area contributed by atoms with Gasteiger partial charge in [0.2, 0.25) is 11.8 Å². The lowest BCUT2D eigenvalue weighted by Gasteiger charge is -2.33. The average Bonchev–Trinajstić information content (AvgIpc) is 3.07. The molecule has 8 nitrogen and oxygen atoms in total. The molecule has 1 N–H and O–H groups in total. The predicted octanol–water partition coefficient (Wildman–Crippen LogP) is 7.30. The molecule has 1 aliphatic rings. The predicted molar refractivity (Wildman–Crippen MR) is 183 cm³/mol. The normalized spacial score (nSPS) is 14.2. The molecule has 1 aliphatic carbocycles. The minimum Gasteiger partial charge on any atom is -0.457 e. The minimum absolute atomic E-state index is 0.0500. The summed E-state index contributed by atoms with van der Waals surface area (Å²) < 4.78 is 36.0. The number of hydrogen-bond donors (Lipinski definition) is 1. The molecule has 0 spiro atoms. The second-order valence-electron chi connectivity index (χ2n) is 11.4. The van der Waals surface area contributed by atoms with Crippen LogP contribution in [0, 0.1) is 0 Å². The quantitative estimate of drug-likeness (QED) is 0.167. The van der Waals surface area contributed by atoms with Gasteiger partial charge in [0.05, 0.1) is 10.6 Å². The number of amides is 2. The van der Waals surface area contributed by atoms with Crippen molar-refractivity contribution in [2.45, 2.75) is 62.6 Å². The summed E-state index contributed by atoms with van der Waals surface area (Å²) in [4.78, 5) is 29.3. The number of nitrogens with zero attached hydrogens (tertiary/aromatic N) is 2. The van der Waals surface area contributed by atoms with Crippen molar-refractivity contribution in [3.05, 3.63) is 119 Å². The Hall–Kier alpha value is -4.15. The van der Waals surface area contributed by atoms with Crippen LogP contribution in [0.1, 0.15) is 44.6 Å². The minimum atomic E-state index is -4.17. The van der Waals surface area contributed by atoms with Gasteiger partial charge in [0.15, 0.2) is 0 Å². The van der Waals surface area contributed by atoms with E-state index in [1.54, 1.807) is 49.4 Å². The molecular weight excluding hydrogens is 666 g/mol. The van der Waals surface area contributed by atoms with Gasteiger partial charge in [-0.05, 0) is 86.0 Å². The van der Waals surface area contributed by atoms with E-state index in [1.807, 2.05) is 54.6 Å². The van der Waals surface area contributed by atoms with E-state index in [9.17, 15) is 18.0 Å². The molecule has 0 unspecified atom stereocenters. The molecule has 10 heteroatoms. The third-order valence-electron chi connectivity index (χ3n) is 8.07. The van der Waals surface area contributed by atoms with E-state index in [4.69, 9.17) is 4.74 Å². The van der Waals surface area contributed by atoms with Crippen LogP contribution in [-0.4, -0.2) is 43.8 Å². The van der Waals surface area contributed by atoms with Gasteiger partial charge < -0.3 is 15.0 Å².